The minimum Gasteiger partial charge on any atom is -0.422 e. The predicted molar refractivity (Wildman–Crippen MR) is 84.1 cm³/mol. The average molecular weight is 314 g/mol. The maximum absolute atomic E-state index is 12.3. The molecule has 7 nitrogen and oxygen atoms in total. The summed E-state index contributed by atoms with van der Waals surface area (Å²) in [6.45, 7) is 3.45. The molecule has 1 unspecified atom stereocenters. The molecule has 0 aliphatic rings. The smallest absolute Gasteiger partial charge is 0.349 e. The molecule has 118 valence electrons. The summed E-state index contributed by atoms with van der Waals surface area (Å²) in [5, 5.41) is 13.7. The van der Waals surface area contributed by atoms with E-state index in [1.807, 2.05) is 0 Å². The van der Waals surface area contributed by atoms with Crippen molar-refractivity contribution in [3.63, 3.8) is 0 Å². The summed E-state index contributed by atoms with van der Waals surface area (Å²) >= 11 is 0. The van der Waals surface area contributed by atoms with Crippen LogP contribution in [-0.4, -0.2) is 16.4 Å². The SMILES string of the molecule is C#CC(C)(CC)NC(=O)c1cc2cc([N+](=O)[O-])ccc2oc1=O. The third kappa shape index (κ3) is 3.21. The van der Waals surface area contributed by atoms with Crippen LogP contribution in [0.15, 0.2) is 33.5 Å². The summed E-state index contributed by atoms with van der Waals surface area (Å²) in [7, 11) is 0. The number of hydrogen-bond donors (Lipinski definition) is 1. The van der Waals surface area contributed by atoms with Gasteiger partial charge in [0.1, 0.15) is 11.1 Å². The summed E-state index contributed by atoms with van der Waals surface area (Å²) in [5.41, 5.74) is -2.00. The lowest BCUT2D eigenvalue weighted by Gasteiger charge is -2.23. The quantitative estimate of drug-likeness (QED) is 0.403. The van der Waals surface area contributed by atoms with E-state index in [0.717, 1.165) is 0 Å². The Labute approximate surface area is 131 Å². The van der Waals surface area contributed by atoms with Crippen LogP contribution in [0.2, 0.25) is 0 Å². The number of carbonyl (C=O) groups excluding carboxylic acids is 1. The molecule has 2 aromatic rings. The highest BCUT2D eigenvalue weighted by molar-refractivity contribution is 5.97. The molecular formula is C16H14N2O5. The molecule has 0 saturated carbocycles. The van der Waals surface area contributed by atoms with Crippen LogP contribution in [0.3, 0.4) is 0 Å². The predicted octanol–water partition coefficient (Wildman–Crippen LogP) is 2.23. The van der Waals surface area contributed by atoms with Crippen molar-refractivity contribution in [3.05, 3.63) is 50.4 Å². The first-order valence-corrected chi connectivity index (χ1v) is 6.82. The maximum atomic E-state index is 12.3. The third-order valence-corrected chi connectivity index (χ3v) is 3.59. The van der Waals surface area contributed by atoms with Gasteiger partial charge < -0.3 is 9.73 Å². The molecule has 1 heterocycles. The summed E-state index contributed by atoms with van der Waals surface area (Å²) in [6, 6.07) is 5.02. The second kappa shape index (κ2) is 5.93. The molecule has 1 N–H and O–H groups in total. The number of benzene rings is 1. The summed E-state index contributed by atoms with van der Waals surface area (Å²) in [5.74, 6) is 1.77. The fourth-order valence-corrected chi connectivity index (χ4v) is 1.93. The van der Waals surface area contributed by atoms with Gasteiger partial charge in [-0.05, 0) is 25.5 Å². The first-order valence-electron chi connectivity index (χ1n) is 6.82. The molecule has 1 aromatic heterocycles. The Bertz CT molecular complexity index is 893. The average Bonchev–Trinajstić information content (AvgIpc) is 2.53. The van der Waals surface area contributed by atoms with Crippen LogP contribution in [0.4, 0.5) is 5.69 Å². The highest BCUT2D eigenvalue weighted by Crippen LogP contribution is 2.20. The molecule has 0 fully saturated rings. The molecule has 23 heavy (non-hydrogen) atoms. The molecular weight excluding hydrogens is 300 g/mol. The Morgan fingerprint density at radius 3 is 2.74 bits per heavy atom. The largest absolute Gasteiger partial charge is 0.422 e. The van der Waals surface area contributed by atoms with Crippen LogP contribution in [-0.2, 0) is 0 Å². The number of non-ortho nitro benzene ring substituents is 1. The molecule has 0 aliphatic carbocycles. The molecule has 2 rings (SSSR count). The summed E-state index contributed by atoms with van der Waals surface area (Å²) in [4.78, 5) is 34.4. The van der Waals surface area contributed by atoms with Crippen molar-refractivity contribution in [2.45, 2.75) is 25.8 Å². The standard InChI is InChI=1S/C16H14N2O5/c1-4-16(3,5-2)17-14(19)12-9-10-8-11(18(21)22)6-7-13(10)23-15(12)20/h1,6-9H,5H2,2-3H3,(H,17,19). The van der Waals surface area contributed by atoms with Gasteiger partial charge in [0.15, 0.2) is 0 Å². The molecule has 1 amide bonds. The van der Waals surface area contributed by atoms with Crippen molar-refractivity contribution in [2.75, 3.05) is 0 Å². The van der Waals surface area contributed by atoms with Crippen molar-refractivity contribution < 1.29 is 14.1 Å². The van der Waals surface area contributed by atoms with E-state index in [2.05, 4.69) is 11.2 Å². The zero-order chi connectivity index (χ0) is 17.2. The van der Waals surface area contributed by atoms with Crippen LogP contribution in [0.25, 0.3) is 11.0 Å². The molecule has 0 radical (unpaired) electrons. The first-order chi connectivity index (χ1) is 10.8. The Morgan fingerprint density at radius 1 is 1.48 bits per heavy atom. The van der Waals surface area contributed by atoms with Crippen LogP contribution in [0.1, 0.15) is 30.6 Å². The van der Waals surface area contributed by atoms with E-state index in [-0.39, 0.29) is 22.2 Å². The van der Waals surface area contributed by atoms with Gasteiger partial charge in [0.05, 0.1) is 10.5 Å². The second-order valence-corrected chi connectivity index (χ2v) is 5.21. The molecule has 0 spiro atoms. The Hall–Kier alpha value is -3.14. The number of amides is 1. The lowest BCUT2D eigenvalue weighted by Crippen LogP contribution is -2.45. The number of fused-ring (bicyclic) bond motifs is 1. The molecule has 0 aliphatic heterocycles. The van der Waals surface area contributed by atoms with Crippen molar-refractivity contribution in [1.29, 1.82) is 0 Å². The monoisotopic (exact) mass is 314 g/mol. The van der Waals surface area contributed by atoms with Crippen LogP contribution in [0.5, 0.6) is 0 Å². The van der Waals surface area contributed by atoms with E-state index in [1.165, 1.54) is 24.3 Å². The normalized spacial score (nSPS) is 13.1. The van der Waals surface area contributed by atoms with Gasteiger partial charge >= 0.3 is 5.63 Å². The summed E-state index contributed by atoms with van der Waals surface area (Å²) in [6.07, 6.45) is 5.86. The van der Waals surface area contributed by atoms with E-state index in [9.17, 15) is 19.7 Å². The number of hydrogen-bond acceptors (Lipinski definition) is 5. The molecule has 7 heteroatoms. The van der Waals surface area contributed by atoms with E-state index < -0.39 is 22.0 Å². The Balaban J connectivity index is 2.50. The van der Waals surface area contributed by atoms with Crippen LogP contribution >= 0.6 is 0 Å². The maximum Gasteiger partial charge on any atom is 0.349 e. The highest BCUT2D eigenvalue weighted by Gasteiger charge is 2.24. The number of rotatable bonds is 4. The lowest BCUT2D eigenvalue weighted by atomic mass is 9.99. The fourth-order valence-electron chi connectivity index (χ4n) is 1.93. The number of nitro benzene ring substituents is 1. The fraction of sp³-hybridized carbons (Fsp3) is 0.250. The zero-order valence-corrected chi connectivity index (χ0v) is 12.6. The molecule has 0 saturated heterocycles. The van der Waals surface area contributed by atoms with E-state index in [1.54, 1.807) is 13.8 Å². The lowest BCUT2D eigenvalue weighted by molar-refractivity contribution is -0.384. The van der Waals surface area contributed by atoms with Crippen molar-refractivity contribution in [1.82, 2.24) is 5.32 Å². The van der Waals surface area contributed by atoms with Crippen molar-refractivity contribution in [2.24, 2.45) is 0 Å². The van der Waals surface area contributed by atoms with E-state index >= 15 is 0 Å². The molecule has 1 aromatic carbocycles. The number of carbonyl (C=O) groups is 1. The molecule has 1 atom stereocenters. The summed E-state index contributed by atoms with van der Waals surface area (Å²) < 4.78 is 5.04. The van der Waals surface area contributed by atoms with Gasteiger partial charge in [-0.15, -0.1) is 6.42 Å². The van der Waals surface area contributed by atoms with Gasteiger partial charge in [0, 0.05) is 17.5 Å². The molecule has 0 bridgehead atoms. The highest BCUT2D eigenvalue weighted by atomic mass is 16.6. The van der Waals surface area contributed by atoms with Gasteiger partial charge in [-0.2, -0.15) is 0 Å². The van der Waals surface area contributed by atoms with E-state index in [0.29, 0.717) is 6.42 Å². The number of nitro groups is 1. The van der Waals surface area contributed by atoms with Gasteiger partial charge in [-0.3, -0.25) is 14.9 Å². The Morgan fingerprint density at radius 2 is 2.17 bits per heavy atom. The topological polar surface area (TPSA) is 102 Å². The number of nitrogens with one attached hydrogen (secondary N) is 1. The van der Waals surface area contributed by atoms with Gasteiger partial charge in [0.2, 0.25) is 0 Å². The van der Waals surface area contributed by atoms with Gasteiger partial charge in [-0.1, -0.05) is 12.8 Å². The van der Waals surface area contributed by atoms with Crippen LogP contribution in [0, 0.1) is 22.5 Å². The Kier molecular flexibility index (Phi) is 4.18. The third-order valence-electron chi connectivity index (χ3n) is 3.59. The van der Waals surface area contributed by atoms with Gasteiger partial charge in [-0.25, -0.2) is 4.79 Å². The number of terminal acetylenes is 1. The minimum atomic E-state index is -0.902. The minimum absolute atomic E-state index is 0.160. The van der Waals surface area contributed by atoms with Crippen molar-refractivity contribution >= 4 is 22.6 Å². The van der Waals surface area contributed by atoms with Crippen molar-refractivity contribution in [3.8, 4) is 12.3 Å². The first kappa shape index (κ1) is 16.2. The second-order valence-electron chi connectivity index (χ2n) is 5.21. The zero-order valence-electron chi connectivity index (χ0n) is 12.6. The van der Waals surface area contributed by atoms with Crippen LogP contribution < -0.4 is 10.9 Å². The number of nitrogens with zero attached hydrogens (tertiary/aromatic N) is 1. The van der Waals surface area contributed by atoms with Gasteiger partial charge in [0.25, 0.3) is 11.6 Å². The van der Waals surface area contributed by atoms with E-state index in [4.69, 9.17) is 10.8 Å².